The summed E-state index contributed by atoms with van der Waals surface area (Å²) in [6, 6.07) is 0.881. The number of nitrogens with zero attached hydrogens (tertiary/aromatic N) is 1. The van der Waals surface area contributed by atoms with Gasteiger partial charge in [-0.15, -0.1) is 0 Å². The standard InChI is InChI=1S/C13H26N2/c1-11-8-14-9-12(11)10-15(2)13-6-4-3-5-7-13/h11-14H,3-10H2,1-2H3/t11-,12+/m1/s1. The fourth-order valence-electron chi connectivity index (χ4n) is 3.15. The smallest absolute Gasteiger partial charge is 0.00923 e. The summed E-state index contributed by atoms with van der Waals surface area (Å²) in [4.78, 5) is 2.63. The molecule has 0 radical (unpaired) electrons. The molecule has 1 aliphatic heterocycles. The predicted octanol–water partition coefficient (Wildman–Crippen LogP) is 2.11. The van der Waals surface area contributed by atoms with Crippen molar-refractivity contribution in [3.63, 3.8) is 0 Å². The molecule has 0 unspecified atom stereocenters. The normalized spacial score (nSPS) is 33.8. The molecule has 0 spiro atoms. The van der Waals surface area contributed by atoms with Crippen LogP contribution < -0.4 is 5.32 Å². The maximum absolute atomic E-state index is 3.50. The lowest BCUT2D eigenvalue weighted by atomic mass is 9.92. The molecule has 2 rings (SSSR count). The summed E-state index contributed by atoms with van der Waals surface area (Å²) in [6.45, 7) is 6.15. The van der Waals surface area contributed by atoms with Crippen molar-refractivity contribution in [3.8, 4) is 0 Å². The Morgan fingerprint density at radius 2 is 1.87 bits per heavy atom. The predicted molar refractivity (Wildman–Crippen MR) is 65.0 cm³/mol. The van der Waals surface area contributed by atoms with Gasteiger partial charge in [-0.2, -0.15) is 0 Å². The van der Waals surface area contributed by atoms with Crippen LogP contribution in [0.25, 0.3) is 0 Å². The van der Waals surface area contributed by atoms with Gasteiger partial charge in [-0.1, -0.05) is 26.2 Å². The summed E-state index contributed by atoms with van der Waals surface area (Å²) in [5, 5.41) is 3.50. The first kappa shape index (κ1) is 11.4. The minimum absolute atomic E-state index is 0.871. The van der Waals surface area contributed by atoms with Crippen LogP contribution in [0.5, 0.6) is 0 Å². The van der Waals surface area contributed by atoms with E-state index < -0.39 is 0 Å². The Morgan fingerprint density at radius 3 is 2.47 bits per heavy atom. The summed E-state index contributed by atoms with van der Waals surface area (Å²) in [5.41, 5.74) is 0. The third kappa shape index (κ3) is 2.94. The zero-order valence-electron chi connectivity index (χ0n) is 10.3. The summed E-state index contributed by atoms with van der Waals surface area (Å²) < 4.78 is 0. The Bertz CT molecular complexity index is 187. The number of hydrogen-bond donors (Lipinski definition) is 1. The van der Waals surface area contributed by atoms with Crippen LogP contribution in [0.2, 0.25) is 0 Å². The van der Waals surface area contributed by atoms with Crippen molar-refractivity contribution < 1.29 is 0 Å². The van der Waals surface area contributed by atoms with Crippen LogP contribution >= 0.6 is 0 Å². The molecule has 0 bridgehead atoms. The summed E-state index contributed by atoms with van der Waals surface area (Å²) >= 11 is 0. The van der Waals surface area contributed by atoms with Crippen molar-refractivity contribution >= 4 is 0 Å². The maximum Gasteiger partial charge on any atom is 0.00923 e. The Labute approximate surface area is 94.4 Å². The lowest BCUT2D eigenvalue weighted by Crippen LogP contribution is -2.38. The van der Waals surface area contributed by atoms with Gasteiger partial charge in [0, 0.05) is 12.6 Å². The zero-order valence-corrected chi connectivity index (χ0v) is 10.3. The molecule has 0 amide bonds. The van der Waals surface area contributed by atoms with E-state index in [0.717, 1.165) is 17.9 Å². The van der Waals surface area contributed by atoms with Crippen LogP contribution in [0.3, 0.4) is 0 Å². The minimum Gasteiger partial charge on any atom is -0.316 e. The van der Waals surface area contributed by atoms with Gasteiger partial charge in [0.2, 0.25) is 0 Å². The van der Waals surface area contributed by atoms with E-state index in [1.165, 1.54) is 51.7 Å². The minimum atomic E-state index is 0.871. The first-order valence-electron chi connectivity index (χ1n) is 6.68. The van der Waals surface area contributed by atoms with Crippen LogP contribution in [0.15, 0.2) is 0 Å². The molecule has 2 fully saturated rings. The molecule has 0 aromatic carbocycles. The van der Waals surface area contributed by atoms with Crippen molar-refractivity contribution in [2.75, 3.05) is 26.7 Å². The van der Waals surface area contributed by atoms with Gasteiger partial charge in [0.15, 0.2) is 0 Å². The molecule has 1 heterocycles. The van der Waals surface area contributed by atoms with Crippen LogP contribution in [0.4, 0.5) is 0 Å². The van der Waals surface area contributed by atoms with Crippen molar-refractivity contribution in [2.24, 2.45) is 11.8 Å². The van der Waals surface area contributed by atoms with Gasteiger partial charge in [0.25, 0.3) is 0 Å². The molecule has 0 aromatic heterocycles. The molecular formula is C13H26N2. The molecule has 1 N–H and O–H groups in total. The molecule has 1 saturated heterocycles. The average molecular weight is 210 g/mol. The maximum atomic E-state index is 3.50. The largest absolute Gasteiger partial charge is 0.316 e. The lowest BCUT2D eigenvalue weighted by Gasteiger charge is -2.33. The lowest BCUT2D eigenvalue weighted by molar-refractivity contribution is 0.160. The van der Waals surface area contributed by atoms with E-state index in [0.29, 0.717) is 0 Å². The molecule has 88 valence electrons. The Kier molecular flexibility index (Phi) is 4.04. The first-order valence-corrected chi connectivity index (χ1v) is 6.68. The number of rotatable bonds is 3. The van der Waals surface area contributed by atoms with E-state index in [4.69, 9.17) is 0 Å². The van der Waals surface area contributed by atoms with Crippen molar-refractivity contribution in [1.29, 1.82) is 0 Å². The molecule has 15 heavy (non-hydrogen) atoms. The molecular weight excluding hydrogens is 184 g/mol. The topological polar surface area (TPSA) is 15.3 Å². The summed E-state index contributed by atoms with van der Waals surface area (Å²) in [5.74, 6) is 1.76. The summed E-state index contributed by atoms with van der Waals surface area (Å²) in [6.07, 6.45) is 7.24. The fraction of sp³-hybridized carbons (Fsp3) is 1.00. The van der Waals surface area contributed by atoms with Gasteiger partial charge < -0.3 is 10.2 Å². The molecule has 2 heteroatoms. The SMILES string of the molecule is C[C@@H]1CNC[C@H]1CN(C)C1CCCCC1. The molecule has 1 saturated carbocycles. The van der Waals surface area contributed by atoms with Gasteiger partial charge in [-0.05, 0) is 44.8 Å². The highest BCUT2D eigenvalue weighted by Crippen LogP contribution is 2.24. The second kappa shape index (κ2) is 5.31. The van der Waals surface area contributed by atoms with E-state index in [-0.39, 0.29) is 0 Å². The van der Waals surface area contributed by atoms with Crippen LogP contribution in [0.1, 0.15) is 39.0 Å². The molecule has 2 nitrogen and oxygen atoms in total. The van der Waals surface area contributed by atoms with Gasteiger partial charge in [0.1, 0.15) is 0 Å². The van der Waals surface area contributed by atoms with E-state index in [1.54, 1.807) is 0 Å². The van der Waals surface area contributed by atoms with Gasteiger partial charge >= 0.3 is 0 Å². The highest BCUT2D eigenvalue weighted by Gasteiger charge is 2.26. The van der Waals surface area contributed by atoms with Crippen LogP contribution in [0, 0.1) is 11.8 Å². The second-order valence-electron chi connectivity index (χ2n) is 5.63. The quantitative estimate of drug-likeness (QED) is 0.767. The van der Waals surface area contributed by atoms with E-state index in [1.807, 2.05) is 0 Å². The van der Waals surface area contributed by atoms with Crippen molar-refractivity contribution in [2.45, 2.75) is 45.1 Å². The molecule has 2 aliphatic rings. The van der Waals surface area contributed by atoms with Crippen LogP contribution in [-0.4, -0.2) is 37.6 Å². The van der Waals surface area contributed by atoms with Gasteiger partial charge in [-0.25, -0.2) is 0 Å². The Morgan fingerprint density at radius 1 is 1.13 bits per heavy atom. The highest BCUT2D eigenvalue weighted by molar-refractivity contribution is 4.82. The summed E-state index contributed by atoms with van der Waals surface area (Å²) in [7, 11) is 2.33. The molecule has 2 atom stereocenters. The fourth-order valence-corrected chi connectivity index (χ4v) is 3.15. The number of nitrogens with one attached hydrogen (secondary N) is 1. The zero-order chi connectivity index (χ0) is 10.7. The van der Waals surface area contributed by atoms with E-state index in [9.17, 15) is 0 Å². The molecule has 0 aromatic rings. The van der Waals surface area contributed by atoms with Crippen molar-refractivity contribution in [1.82, 2.24) is 10.2 Å². The molecule has 1 aliphatic carbocycles. The van der Waals surface area contributed by atoms with E-state index in [2.05, 4.69) is 24.2 Å². The first-order chi connectivity index (χ1) is 7.27. The highest BCUT2D eigenvalue weighted by atomic mass is 15.1. The Hall–Kier alpha value is -0.0800. The number of hydrogen-bond acceptors (Lipinski definition) is 2. The average Bonchev–Trinajstić information content (AvgIpc) is 2.66. The van der Waals surface area contributed by atoms with Gasteiger partial charge in [0.05, 0.1) is 0 Å². The third-order valence-corrected chi connectivity index (χ3v) is 4.40. The second-order valence-corrected chi connectivity index (χ2v) is 5.63. The van der Waals surface area contributed by atoms with E-state index >= 15 is 0 Å². The Balaban J connectivity index is 1.77. The van der Waals surface area contributed by atoms with Gasteiger partial charge in [-0.3, -0.25) is 0 Å². The van der Waals surface area contributed by atoms with Crippen LogP contribution in [-0.2, 0) is 0 Å². The monoisotopic (exact) mass is 210 g/mol. The van der Waals surface area contributed by atoms with Crippen molar-refractivity contribution in [3.05, 3.63) is 0 Å². The third-order valence-electron chi connectivity index (χ3n) is 4.40.